The highest BCUT2D eigenvalue weighted by Crippen LogP contribution is 2.36. The Bertz CT molecular complexity index is 915. The SMILES string of the molecule is CCCCn1c(N)c(N(C(=O)CN2CCC[C@H]3CCCC[C@@H]32)C2CCCC2)c(=O)[nH]c1=O. The zero-order chi connectivity index (χ0) is 22.7. The molecule has 0 spiro atoms. The van der Waals surface area contributed by atoms with Crippen LogP contribution in [-0.4, -0.2) is 45.5 Å². The summed E-state index contributed by atoms with van der Waals surface area (Å²) >= 11 is 0. The third-order valence-corrected chi connectivity index (χ3v) is 7.85. The highest BCUT2D eigenvalue weighted by Gasteiger charge is 2.37. The number of piperidine rings is 1. The number of aromatic nitrogens is 2. The molecule has 0 aromatic carbocycles. The van der Waals surface area contributed by atoms with E-state index in [1.807, 2.05) is 6.92 Å². The van der Waals surface area contributed by atoms with Gasteiger partial charge in [0.2, 0.25) is 5.91 Å². The first kappa shape index (κ1) is 23.1. The Labute approximate surface area is 190 Å². The van der Waals surface area contributed by atoms with Gasteiger partial charge in [-0.3, -0.25) is 24.0 Å². The van der Waals surface area contributed by atoms with Crippen LogP contribution in [0.1, 0.15) is 84.0 Å². The number of H-pyrrole nitrogens is 1. The Balaban J connectivity index is 1.65. The molecular formula is C24H39N5O3. The molecule has 2 atom stereocenters. The molecular weight excluding hydrogens is 406 g/mol. The fourth-order valence-corrected chi connectivity index (χ4v) is 6.20. The van der Waals surface area contributed by atoms with Crippen molar-refractivity contribution >= 4 is 17.4 Å². The van der Waals surface area contributed by atoms with Crippen molar-refractivity contribution in [3.8, 4) is 0 Å². The normalized spacial score (nSPS) is 24.4. The molecule has 3 aliphatic rings. The Hall–Kier alpha value is -2.09. The Morgan fingerprint density at radius 1 is 1.06 bits per heavy atom. The van der Waals surface area contributed by atoms with Crippen molar-refractivity contribution in [2.24, 2.45) is 5.92 Å². The molecule has 0 bridgehead atoms. The first-order valence-electron chi connectivity index (χ1n) is 12.7. The number of nitrogen functional groups attached to an aromatic ring is 1. The lowest BCUT2D eigenvalue weighted by atomic mass is 9.78. The van der Waals surface area contributed by atoms with E-state index in [0.29, 0.717) is 25.0 Å². The lowest BCUT2D eigenvalue weighted by Crippen LogP contribution is -2.53. The van der Waals surface area contributed by atoms with Crippen LogP contribution in [0.3, 0.4) is 0 Å². The van der Waals surface area contributed by atoms with Gasteiger partial charge in [0.25, 0.3) is 5.56 Å². The van der Waals surface area contributed by atoms with Gasteiger partial charge in [-0.25, -0.2) is 4.79 Å². The second kappa shape index (κ2) is 10.2. The average Bonchev–Trinajstić information content (AvgIpc) is 3.31. The van der Waals surface area contributed by atoms with Crippen LogP contribution in [0.25, 0.3) is 0 Å². The minimum Gasteiger partial charge on any atom is -0.383 e. The van der Waals surface area contributed by atoms with E-state index in [4.69, 9.17) is 5.73 Å². The van der Waals surface area contributed by atoms with Crippen molar-refractivity contribution in [2.45, 2.75) is 103 Å². The fourth-order valence-electron chi connectivity index (χ4n) is 6.20. The number of likely N-dealkylation sites (tertiary alicyclic amines) is 1. The van der Waals surface area contributed by atoms with Gasteiger partial charge in [0, 0.05) is 18.6 Å². The van der Waals surface area contributed by atoms with Crippen LogP contribution >= 0.6 is 0 Å². The molecule has 2 aliphatic carbocycles. The summed E-state index contributed by atoms with van der Waals surface area (Å²) < 4.78 is 1.42. The molecule has 3 fully saturated rings. The summed E-state index contributed by atoms with van der Waals surface area (Å²) in [4.78, 5) is 45.6. The van der Waals surface area contributed by atoms with E-state index in [1.165, 1.54) is 30.3 Å². The number of aromatic amines is 1. The molecule has 1 amide bonds. The van der Waals surface area contributed by atoms with Crippen LogP contribution in [0, 0.1) is 5.92 Å². The highest BCUT2D eigenvalue weighted by atomic mass is 16.2. The number of rotatable bonds is 7. The summed E-state index contributed by atoms with van der Waals surface area (Å²) in [5.74, 6) is 0.761. The quantitative estimate of drug-likeness (QED) is 0.672. The van der Waals surface area contributed by atoms with Gasteiger partial charge in [0.05, 0.1) is 6.54 Å². The Morgan fingerprint density at radius 3 is 2.50 bits per heavy atom. The zero-order valence-corrected chi connectivity index (χ0v) is 19.5. The number of unbranched alkanes of at least 4 members (excludes halogenated alkanes) is 1. The van der Waals surface area contributed by atoms with Crippen molar-refractivity contribution in [3.63, 3.8) is 0 Å². The van der Waals surface area contributed by atoms with Gasteiger partial charge in [-0.05, 0) is 57.4 Å². The van der Waals surface area contributed by atoms with Crippen molar-refractivity contribution < 1.29 is 4.79 Å². The molecule has 178 valence electrons. The van der Waals surface area contributed by atoms with E-state index >= 15 is 0 Å². The second-order valence-electron chi connectivity index (χ2n) is 9.92. The molecule has 8 nitrogen and oxygen atoms in total. The maximum atomic E-state index is 13.8. The van der Waals surface area contributed by atoms with Gasteiger partial charge < -0.3 is 10.6 Å². The van der Waals surface area contributed by atoms with E-state index in [-0.39, 0.29) is 23.5 Å². The standard InChI is InChI=1S/C24H39N5O3/c1-2-3-15-28-22(25)21(23(31)26-24(28)32)29(18-11-5-6-12-18)20(30)16-27-14-8-10-17-9-4-7-13-19(17)27/h17-19H,2-16,25H2,1H3,(H,26,31,32)/t17-,19+/m1/s1. The van der Waals surface area contributed by atoms with E-state index in [0.717, 1.165) is 57.9 Å². The van der Waals surface area contributed by atoms with Crippen LogP contribution in [-0.2, 0) is 11.3 Å². The Kier molecular flexibility index (Phi) is 7.38. The number of hydrogen-bond acceptors (Lipinski definition) is 5. The fraction of sp³-hybridized carbons (Fsp3) is 0.792. The number of nitrogens with two attached hydrogens (primary N) is 1. The van der Waals surface area contributed by atoms with Crippen molar-refractivity contribution in [2.75, 3.05) is 23.7 Å². The van der Waals surface area contributed by atoms with Crippen molar-refractivity contribution in [1.29, 1.82) is 0 Å². The smallest absolute Gasteiger partial charge is 0.330 e. The average molecular weight is 446 g/mol. The summed E-state index contributed by atoms with van der Waals surface area (Å²) in [7, 11) is 0. The molecule has 1 saturated heterocycles. The molecule has 1 aromatic heterocycles. The third-order valence-electron chi connectivity index (χ3n) is 7.85. The van der Waals surface area contributed by atoms with Crippen LogP contribution in [0.4, 0.5) is 11.5 Å². The van der Waals surface area contributed by atoms with Gasteiger partial charge >= 0.3 is 5.69 Å². The molecule has 1 aromatic rings. The number of nitrogens with zero attached hydrogens (tertiary/aromatic N) is 3. The second-order valence-corrected chi connectivity index (χ2v) is 9.92. The summed E-state index contributed by atoms with van der Waals surface area (Å²) in [6.45, 7) is 3.74. The number of carbonyl (C=O) groups is 1. The summed E-state index contributed by atoms with van der Waals surface area (Å²) in [5, 5.41) is 0. The summed E-state index contributed by atoms with van der Waals surface area (Å²) in [6, 6.07) is 0.441. The molecule has 0 radical (unpaired) electrons. The first-order chi connectivity index (χ1) is 15.5. The van der Waals surface area contributed by atoms with E-state index in [9.17, 15) is 14.4 Å². The molecule has 2 saturated carbocycles. The predicted octanol–water partition coefficient (Wildman–Crippen LogP) is 2.85. The number of hydrogen-bond donors (Lipinski definition) is 2. The Morgan fingerprint density at radius 2 is 1.75 bits per heavy atom. The predicted molar refractivity (Wildman–Crippen MR) is 127 cm³/mol. The summed E-state index contributed by atoms with van der Waals surface area (Å²) in [6.07, 6.45) is 12.8. The number of carbonyl (C=O) groups excluding carboxylic acids is 1. The number of fused-ring (bicyclic) bond motifs is 1. The molecule has 0 unspecified atom stereocenters. The van der Waals surface area contributed by atoms with Crippen molar-refractivity contribution in [3.05, 3.63) is 20.8 Å². The van der Waals surface area contributed by atoms with Crippen LogP contribution < -0.4 is 21.9 Å². The first-order valence-corrected chi connectivity index (χ1v) is 12.7. The third kappa shape index (κ3) is 4.65. The number of anilines is 2. The van der Waals surface area contributed by atoms with Gasteiger partial charge in [0.15, 0.2) is 5.69 Å². The summed E-state index contributed by atoms with van der Waals surface area (Å²) in [5.41, 5.74) is 5.54. The van der Waals surface area contributed by atoms with E-state index in [1.54, 1.807) is 4.90 Å². The van der Waals surface area contributed by atoms with Gasteiger partial charge in [0.1, 0.15) is 5.82 Å². The lowest BCUT2D eigenvalue weighted by molar-refractivity contribution is -0.121. The monoisotopic (exact) mass is 445 g/mol. The molecule has 1 aliphatic heterocycles. The molecule has 3 N–H and O–H groups in total. The van der Waals surface area contributed by atoms with Gasteiger partial charge in [-0.15, -0.1) is 0 Å². The largest absolute Gasteiger partial charge is 0.383 e. The number of amides is 1. The lowest BCUT2D eigenvalue weighted by Gasteiger charge is -2.44. The molecule has 8 heteroatoms. The van der Waals surface area contributed by atoms with Crippen LogP contribution in [0.15, 0.2) is 9.59 Å². The van der Waals surface area contributed by atoms with E-state index < -0.39 is 11.2 Å². The van der Waals surface area contributed by atoms with Crippen molar-refractivity contribution in [1.82, 2.24) is 14.5 Å². The highest BCUT2D eigenvalue weighted by molar-refractivity contribution is 5.97. The topological polar surface area (TPSA) is 104 Å². The van der Waals surface area contributed by atoms with Gasteiger partial charge in [-0.2, -0.15) is 0 Å². The van der Waals surface area contributed by atoms with E-state index in [2.05, 4.69) is 9.88 Å². The minimum atomic E-state index is -0.547. The van der Waals surface area contributed by atoms with Gasteiger partial charge in [-0.1, -0.05) is 39.0 Å². The maximum absolute atomic E-state index is 13.8. The molecule has 2 heterocycles. The zero-order valence-electron chi connectivity index (χ0n) is 19.5. The molecule has 32 heavy (non-hydrogen) atoms. The molecule has 4 rings (SSSR count). The van der Waals surface area contributed by atoms with Crippen LogP contribution in [0.5, 0.6) is 0 Å². The number of nitrogens with one attached hydrogen (secondary N) is 1. The minimum absolute atomic E-state index is 0.0324. The maximum Gasteiger partial charge on any atom is 0.330 e. The van der Waals surface area contributed by atoms with Crippen LogP contribution in [0.2, 0.25) is 0 Å².